The SMILES string of the molecule is CCCN(CC(=O)NC)Cc1nc(CC)cc(N(CCC)CC(=O)NC)n1. The van der Waals surface area contributed by atoms with Crippen molar-refractivity contribution in [3.8, 4) is 0 Å². The smallest absolute Gasteiger partial charge is 0.239 e. The van der Waals surface area contributed by atoms with Crippen molar-refractivity contribution in [2.24, 2.45) is 0 Å². The maximum atomic E-state index is 11.9. The van der Waals surface area contributed by atoms with Gasteiger partial charge in [-0.1, -0.05) is 20.8 Å². The van der Waals surface area contributed by atoms with Crippen LogP contribution < -0.4 is 15.5 Å². The van der Waals surface area contributed by atoms with Crippen LogP contribution in [0.2, 0.25) is 0 Å². The van der Waals surface area contributed by atoms with Gasteiger partial charge in [0.2, 0.25) is 11.8 Å². The number of aromatic nitrogens is 2. The van der Waals surface area contributed by atoms with Crippen molar-refractivity contribution in [3.05, 3.63) is 17.6 Å². The Bertz CT molecular complexity index is 608. The number of hydrogen-bond donors (Lipinski definition) is 2. The molecule has 0 radical (unpaired) electrons. The van der Waals surface area contributed by atoms with Gasteiger partial charge in [-0.2, -0.15) is 0 Å². The van der Waals surface area contributed by atoms with E-state index in [2.05, 4.69) is 29.5 Å². The number of likely N-dealkylation sites (N-methyl/N-ethyl adjacent to an activating group) is 2. The van der Waals surface area contributed by atoms with Crippen LogP contribution in [-0.2, 0) is 22.6 Å². The van der Waals surface area contributed by atoms with Crippen LogP contribution >= 0.6 is 0 Å². The summed E-state index contributed by atoms with van der Waals surface area (Å²) >= 11 is 0. The molecule has 0 saturated heterocycles. The van der Waals surface area contributed by atoms with Crippen molar-refractivity contribution < 1.29 is 9.59 Å². The van der Waals surface area contributed by atoms with Crippen LogP contribution in [0.15, 0.2) is 6.07 Å². The van der Waals surface area contributed by atoms with Gasteiger partial charge in [0.1, 0.15) is 11.6 Å². The molecular formula is C19H34N6O2. The molecule has 0 aliphatic heterocycles. The number of amides is 2. The summed E-state index contributed by atoms with van der Waals surface area (Å²) in [5.74, 6) is 1.37. The van der Waals surface area contributed by atoms with E-state index >= 15 is 0 Å². The fraction of sp³-hybridized carbons (Fsp3) is 0.684. The van der Waals surface area contributed by atoms with E-state index in [4.69, 9.17) is 4.98 Å². The zero-order valence-electron chi connectivity index (χ0n) is 17.3. The van der Waals surface area contributed by atoms with Crippen LogP contribution in [0, 0.1) is 0 Å². The van der Waals surface area contributed by atoms with E-state index in [1.165, 1.54) is 0 Å². The Labute approximate surface area is 162 Å². The third kappa shape index (κ3) is 7.90. The van der Waals surface area contributed by atoms with Gasteiger partial charge in [0.15, 0.2) is 0 Å². The monoisotopic (exact) mass is 378 g/mol. The molecule has 1 heterocycles. The van der Waals surface area contributed by atoms with Gasteiger partial charge in [-0.25, -0.2) is 9.97 Å². The van der Waals surface area contributed by atoms with Gasteiger partial charge in [-0.05, 0) is 25.8 Å². The number of nitrogens with zero attached hydrogens (tertiary/aromatic N) is 4. The molecule has 1 aromatic heterocycles. The summed E-state index contributed by atoms with van der Waals surface area (Å²) in [5.41, 5.74) is 0.935. The van der Waals surface area contributed by atoms with E-state index in [9.17, 15) is 9.59 Å². The molecule has 8 heteroatoms. The molecule has 0 bridgehead atoms. The molecule has 0 fully saturated rings. The van der Waals surface area contributed by atoms with Crippen molar-refractivity contribution in [1.82, 2.24) is 25.5 Å². The molecule has 1 rings (SSSR count). The Hall–Kier alpha value is -2.22. The Balaban J connectivity index is 3.10. The van der Waals surface area contributed by atoms with E-state index in [-0.39, 0.29) is 18.4 Å². The summed E-state index contributed by atoms with van der Waals surface area (Å²) in [5, 5.41) is 5.33. The van der Waals surface area contributed by atoms with Crippen LogP contribution in [0.3, 0.4) is 0 Å². The number of hydrogen-bond acceptors (Lipinski definition) is 6. The number of carbonyl (C=O) groups excluding carboxylic acids is 2. The Morgan fingerprint density at radius 2 is 1.59 bits per heavy atom. The minimum atomic E-state index is -0.0473. The standard InChI is InChI=1S/C19H34N6O2/c1-6-9-24(13-18(26)20-4)12-16-22-15(8-3)11-17(23-16)25(10-7-2)14-19(27)21-5/h11H,6-10,12-14H2,1-5H3,(H,20,26)(H,21,27). The number of nitrogens with one attached hydrogen (secondary N) is 2. The number of rotatable bonds is 12. The summed E-state index contributed by atoms with van der Waals surface area (Å²) < 4.78 is 0. The third-order valence-corrected chi connectivity index (χ3v) is 4.16. The van der Waals surface area contributed by atoms with Crippen LogP contribution in [-0.4, -0.2) is 67.0 Å². The summed E-state index contributed by atoms with van der Waals surface area (Å²) in [4.78, 5) is 37.0. The normalized spacial score (nSPS) is 10.7. The van der Waals surface area contributed by atoms with Gasteiger partial charge in [-0.3, -0.25) is 14.5 Å². The summed E-state index contributed by atoms with van der Waals surface area (Å²) in [7, 11) is 3.27. The molecule has 8 nitrogen and oxygen atoms in total. The molecule has 0 spiro atoms. The highest BCUT2D eigenvalue weighted by molar-refractivity contribution is 5.80. The molecule has 2 amide bonds. The maximum absolute atomic E-state index is 11.9. The average molecular weight is 379 g/mol. The predicted molar refractivity (Wildman–Crippen MR) is 108 cm³/mol. The molecule has 0 aromatic carbocycles. The lowest BCUT2D eigenvalue weighted by Crippen LogP contribution is -2.38. The molecule has 0 saturated carbocycles. The lowest BCUT2D eigenvalue weighted by molar-refractivity contribution is -0.122. The Morgan fingerprint density at radius 3 is 2.15 bits per heavy atom. The van der Waals surface area contributed by atoms with Crippen molar-refractivity contribution >= 4 is 17.6 Å². The highest BCUT2D eigenvalue weighted by atomic mass is 16.2. The highest BCUT2D eigenvalue weighted by Gasteiger charge is 2.16. The van der Waals surface area contributed by atoms with E-state index in [1.807, 2.05) is 22.8 Å². The zero-order valence-corrected chi connectivity index (χ0v) is 17.3. The van der Waals surface area contributed by atoms with Crippen molar-refractivity contribution in [2.45, 2.75) is 46.6 Å². The summed E-state index contributed by atoms with van der Waals surface area (Å²) in [6.07, 6.45) is 2.64. The summed E-state index contributed by atoms with van der Waals surface area (Å²) in [6, 6.07) is 1.95. The fourth-order valence-corrected chi connectivity index (χ4v) is 2.76. The van der Waals surface area contributed by atoms with Crippen LogP contribution in [0.4, 0.5) is 5.82 Å². The zero-order chi connectivity index (χ0) is 20.2. The van der Waals surface area contributed by atoms with E-state index in [1.54, 1.807) is 14.1 Å². The van der Waals surface area contributed by atoms with Gasteiger partial charge in [-0.15, -0.1) is 0 Å². The molecule has 152 valence electrons. The molecule has 0 unspecified atom stereocenters. The molecule has 0 atom stereocenters. The lowest BCUT2D eigenvalue weighted by Gasteiger charge is -2.24. The molecule has 0 aliphatic rings. The second kappa shape index (κ2) is 12.2. The topological polar surface area (TPSA) is 90.5 Å². The predicted octanol–water partition coefficient (Wildman–Crippen LogP) is 0.959. The largest absolute Gasteiger partial charge is 0.358 e. The van der Waals surface area contributed by atoms with Crippen LogP contribution in [0.25, 0.3) is 0 Å². The Kier molecular flexibility index (Phi) is 10.3. The second-order valence-corrected chi connectivity index (χ2v) is 6.47. The minimum Gasteiger partial charge on any atom is -0.358 e. The van der Waals surface area contributed by atoms with Gasteiger partial charge >= 0.3 is 0 Å². The minimum absolute atomic E-state index is 0.0254. The van der Waals surface area contributed by atoms with Crippen molar-refractivity contribution in [3.63, 3.8) is 0 Å². The lowest BCUT2D eigenvalue weighted by atomic mass is 10.2. The first-order valence-corrected chi connectivity index (χ1v) is 9.72. The van der Waals surface area contributed by atoms with E-state index < -0.39 is 0 Å². The Morgan fingerprint density at radius 1 is 0.963 bits per heavy atom. The first-order valence-electron chi connectivity index (χ1n) is 9.72. The number of anilines is 1. The highest BCUT2D eigenvalue weighted by Crippen LogP contribution is 2.15. The van der Waals surface area contributed by atoms with E-state index in [0.29, 0.717) is 18.9 Å². The van der Waals surface area contributed by atoms with E-state index in [0.717, 1.165) is 43.9 Å². The van der Waals surface area contributed by atoms with Gasteiger partial charge in [0.25, 0.3) is 0 Å². The van der Waals surface area contributed by atoms with Crippen molar-refractivity contribution in [2.75, 3.05) is 45.2 Å². The van der Waals surface area contributed by atoms with Gasteiger partial charge < -0.3 is 15.5 Å². The number of carbonyl (C=O) groups is 2. The van der Waals surface area contributed by atoms with Crippen LogP contribution in [0.1, 0.15) is 45.1 Å². The van der Waals surface area contributed by atoms with Gasteiger partial charge in [0, 0.05) is 32.4 Å². The molecule has 2 N–H and O–H groups in total. The average Bonchev–Trinajstić information content (AvgIpc) is 2.67. The molecular weight excluding hydrogens is 344 g/mol. The maximum Gasteiger partial charge on any atom is 0.239 e. The molecule has 0 aliphatic carbocycles. The first kappa shape index (κ1) is 22.8. The first-order chi connectivity index (χ1) is 13.0. The van der Waals surface area contributed by atoms with Gasteiger partial charge in [0.05, 0.1) is 19.6 Å². The van der Waals surface area contributed by atoms with Crippen LogP contribution in [0.5, 0.6) is 0 Å². The molecule has 1 aromatic rings. The fourth-order valence-electron chi connectivity index (χ4n) is 2.76. The quantitative estimate of drug-likeness (QED) is 0.563. The molecule has 27 heavy (non-hydrogen) atoms. The van der Waals surface area contributed by atoms with Crippen molar-refractivity contribution in [1.29, 1.82) is 0 Å². The third-order valence-electron chi connectivity index (χ3n) is 4.16. The number of aryl methyl sites for hydroxylation is 1. The second-order valence-electron chi connectivity index (χ2n) is 6.47. The summed E-state index contributed by atoms with van der Waals surface area (Å²) in [6.45, 7) is 8.82.